The normalized spacial score (nSPS) is 14.3. The fourth-order valence-corrected chi connectivity index (χ4v) is 3.28. The Labute approximate surface area is 169 Å². The maximum atomic E-state index is 13.8. The first-order chi connectivity index (χ1) is 14.2. The van der Waals surface area contributed by atoms with Crippen molar-refractivity contribution in [2.45, 2.75) is 6.54 Å². The number of hydrogen-bond acceptors (Lipinski definition) is 5. The van der Waals surface area contributed by atoms with Gasteiger partial charge in [-0.3, -0.25) is 4.90 Å². The van der Waals surface area contributed by atoms with Crippen LogP contribution in [0.1, 0.15) is 16.8 Å². The molecule has 4 rings (SSSR count). The Bertz CT molecular complexity index is 1030. The summed E-state index contributed by atoms with van der Waals surface area (Å²) >= 11 is 0. The molecular formula is C23H21FN4O. The van der Waals surface area contributed by atoms with E-state index in [-0.39, 0.29) is 11.6 Å². The largest absolute Gasteiger partial charge is 0.508 e. The summed E-state index contributed by atoms with van der Waals surface area (Å²) in [5.41, 5.74) is 2.03. The van der Waals surface area contributed by atoms with Crippen LogP contribution in [0.2, 0.25) is 0 Å². The van der Waals surface area contributed by atoms with Gasteiger partial charge in [0.1, 0.15) is 17.3 Å². The Morgan fingerprint density at radius 2 is 1.72 bits per heavy atom. The molecule has 0 saturated carbocycles. The summed E-state index contributed by atoms with van der Waals surface area (Å²) in [4.78, 5) is 4.43. The van der Waals surface area contributed by atoms with E-state index in [9.17, 15) is 9.50 Å². The topological polar surface area (TPSA) is 52.5 Å². The van der Waals surface area contributed by atoms with E-state index in [1.807, 2.05) is 30.3 Å². The van der Waals surface area contributed by atoms with Gasteiger partial charge in [0.15, 0.2) is 5.82 Å². The quantitative estimate of drug-likeness (QED) is 0.699. The molecule has 0 bridgehead atoms. The molecule has 1 fully saturated rings. The van der Waals surface area contributed by atoms with Crippen LogP contribution < -0.4 is 4.90 Å². The van der Waals surface area contributed by atoms with Crippen LogP contribution in [0.5, 0.6) is 5.75 Å². The Kier molecular flexibility index (Phi) is 5.68. The van der Waals surface area contributed by atoms with Crippen LogP contribution in [0, 0.1) is 17.7 Å². The fourth-order valence-electron chi connectivity index (χ4n) is 3.28. The lowest BCUT2D eigenvalue weighted by Crippen LogP contribution is -2.46. The highest BCUT2D eigenvalue weighted by atomic mass is 19.1. The Morgan fingerprint density at radius 3 is 2.45 bits per heavy atom. The van der Waals surface area contributed by atoms with Crippen LogP contribution in [0.3, 0.4) is 0 Å². The molecule has 0 amide bonds. The van der Waals surface area contributed by atoms with Crippen molar-refractivity contribution in [1.29, 1.82) is 0 Å². The zero-order valence-electron chi connectivity index (χ0n) is 15.9. The average Bonchev–Trinajstić information content (AvgIpc) is 2.75. The predicted molar refractivity (Wildman–Crippen MR) is 110 cm³/mol. The third-order valence-corrected chi connectivity index (χ3v) is 4.88. The van der Waals surface area contributed by atoms with E-state index < -0.39 is 0 Å². The fraction of sp³-hybridized carbons (Fsp3) is 0.217. The monoisotopic (exact) mass is 388 g/mol. The average molecular weight is 388 g/mol. The third-order valence-electron chi connectivity index (χ3n) is 4.88. The molecule has 0 aliphatic carbocycles. The van der Waals surface area contributed by atoms with Gasteiger partial charge in [0.2, 0.25) is 0 Å². The van der Waals surface area contributed by atoms with Crippen LogP contribution in [-0.4, -0.2) is 46.4 Å². The highest BCUT2D eigenvalue weighted by Gasteiger charge is 2.19. The lowest BCUT2D eigenvalue weighted by molar-refractivity contribution is 0.246. The molecule has 1 aliphatic heterocycles. The molecule has 3 aromatic rings. The van der Waals surface area contributed by atoms with Crippen LogP contribution in [-0.2, 0) is 6.54 Å². The first-order valence-electron chi connectivity index (χ1n) is 9.53. The summed E-state index contributed by atoms with van der Waals surface area (Å²) in [5, 5.41) is 18.0. The SMILES string of the molecule is Oc1cccc(C#Cc2ccc(N3CCN(Cc4ccccc4F)CC3)nn2)c1. The first kappa shape index (κ1) is 18.9. The van der Waals surface area contributed by atoms with Crippen molar-refractivity contribution in [3.8, 4) is 17.6 Å². The second-order valence-corrected chi connectivity index (χ2v) is 6.93. The van der Waals surface area contributed by atoms with Crippen molar-refractivity contribution in [3.63, 3.8) is 0 Å². The molecule has 2 aromatic carbocycles. The molecule has 29 heavy (non-hydrogen) atoms. The van der Waals surface area contributed by atoms with Gasteiger partial charge in [-0.25, -0.2) is 4.39 Å². The van der Waals surface area contributed by atoms with Crippen molar-refractivity contribution in [1.82, 2.24) is 15.1 Å². The van der Waals surface area contributed by atoms with Crippen LogP contribution in [0.15, 0.2) is 60.7 Å². The molecule has 0 unspecified atom stereocenters. The lowest BCUT2D eigenvalue weighted by atomic mass is 10.2. The van der Waals surface area contributed by atoms with Crippen molar-refractivity contribution >= 4 is 5.82 Å². The number of rotatable bonds is 3. The number of benzene rings is 2. The minimum Gasteiger partial charge on any atom is -0.508 e. The molecule has 0 spiro atoms. The summed E-state index contributed by atoms with van der Waals surface area (Å²) in [7, 11) is 0. The van der Waals surface area contributed by atoms with E-state index >= 15 is 0 Å². The van der Waals surface area contributed by atoms with Crippen LogP contribution >= 0.6 is 0 Å². The molecule has 0 radical (unpaired) electrons. The van der Waals surface area contributed by atoms with E-state index in [4.69, 9.17) is 0 Å². The number of phenolic OH excluding ortho intramolecular Hbond substituents is 1. The van der Waals surface area contributed by atoms with Gasteiger partial charge < -0.3 is 10.0 Å². The molecule has 0 atom stereocenters. The molecule has 146 valence electrons. The van der Waals surface area contributed by atoms with Gasteiger partial charge in [-0.1, -0.05) is 30.2 Å². The Morgan fingerprint density at radius 1 is 0.897 bits per heavy atom. The number of aromatic nitrogens is 2. The lowest BCUT2D eigenvalue weighted by Gasteiger charge is -2.35. The summed E-state index contributed by atoms with van der Waals surface area (Å²) in [6.45, 7) is 3.94. The van der Waals surface area contributed by atoms with Gasteiger partial charge in [0, 0.05) is 43.9 Å². The number of halogens is 1. The van der Waals surface area contributed by atoms with Crippen LogP contribution in [0.25, 0.3) is 0 Å². The second-order valence-electron chi connectivity index (χ2n) is 6.93. The van der Waals surface area contributed by atoms with E-state index in [0.717, 1.165) is 43.1 Å². The summed E-state index contributed by atoms with van der Waals surface area (Å²) in [5.74, 6) is 6.79. The zero-order chi connectivity index (χ0) is 20.1. The molecule has 1 aromatic heterocycles. The number of piperazine rings is 1. The number of hydrogen-bond donors (Lipinski definition) is 1. The molecule has 1 aliphatic rings. The summed E-state index contributed by atoms with van der Waals surface area (Å²) in [6.07, 6.45) is 0. The van der Waals surface area contributed by atoms with Gasteiger partial charge >= 0.3 is 0 Å². The van der Waals surface area contributed by atoms with E-state index in [1.165, 1.54) is 6.07 Å². The minimum atomic E-state index is -0.150. The predicted octanol–water partition coefficient (Wildman–Crippen LogP) is 3.04. The summed E-state index contributed by atoms with van der Waals surface area (Å²) < 4.78 is 13.8. The standard InChI is InChI=1S/C23H21FN4O/c24-22-7-2-1-5-19(22)17-27-12-14-28(15-13-27)23-11-10-20(25-26-23)9-8-18-4-3-6-21(29)16-18/h1-7,10-11,16,29H,12-15,17H2. The van der Waals surface area contributed by atoms with E-state index in [1.54, 1.807) is 24.3 Å². The smallest absolute Gasteiger partial charge is 0.151 e. The van der Waals surface area contributed by atoms with Gasteiger partial charge in [0.25, 0.3) is 0 Å². The second kappa shape index (κ2) is 8.72. The van der Waals surface area contributed by atoms with Gasteiger partial charge in [0.05, 0.1) is 0 Å². The highest BCUT2D eigenvalue weighted by Crippen LogP contribution is 2.16. The summed E-state index contributed by atoms with van der Waals surface area (Å²) in [6, 6.07) is 17.5. The molecule has 5 nitrogen and oxygen atoms in total. The van der Waals surface area contributed by atoms with Crippen molar-refractivity contribution in [3.05, 3.63) is 83.3 Å². The maximum absolute atomic E-state index is 13.8. The minimum absolute atomic E-state index is 0.150. The molecule has 1 N–H and O–H groups in total. The molecule has 2 heterocycles. The Balaban J connectivity index is 1.34. The number of aromatic hydroxyl groups is 1. The van der Waals surface area contributed by atoms with Gasteiger partial charge in [-0.05, 0) is 42.3 Å². The number of phenols is 1. The van der Waals surface area contributed by atoms with Crippen LogP contribution in [0.4, 0.5) is 10.2 Å². The zero-order valence-corrected chi connectivity index (χ0v) is 15.9. The highest BCUT2D eigenvalue weighted by molar-refractivity contribution is 5.45. The van der Waals surface area contributed by atoms with Crippen molar-refractivity contribution in [2.75, 3.05) is 31.1 Å². The first-order valence-corrected chi connectivity index (χ1v) is 9.53. The van der Waals surface area contributed by atoms with E-state index in [2.05, 4.69) is 31.8 Å². The molecular weight excluding hydrogens is 367 g/mol. The molecule has 1 saturated heterocycles. The van der Waals surface area contributed by atoms with Gasteiger partial charge in [-0.15, -0.1) is 10.2 Å². The maximum Gasteiger partial charge on any atom is 0.151 e. The number of anilines is 1. The third kappa shape index (κ3) is 4.89. The Hall–Kier alpha value is -3.43. The van der Waals surface area contributed by atoms with E-state index in [0.29, 0.717) is 12.2 Å². The molecule has 6 heteroatoms. The number of nitrogens with zero attached hydrogens (tertiary/aromatic N) is 4. The van der Waals surface area contributed by atoms with Crippen molar-refractivity contribution in [2.24, 2.45) is 0 Å². The van der Waals surface area contributed by atoms with Gasteiger partial charge in [-0.2, -0.15) is 0 Å². The van der Waals surface area contributed by atoms with Crippen molar-refractivity contribution < 1.29 is 9.50 Å².